The Morgan fingerprint density at radius 1 is 1.26 bits per heavy atom. The van der Waals surface area contributed by atoms with Crippen LogP contribution in [0.15, 0.2) is 18.2 Å². The van der Waals surface area contributed by atoms with Gasteiger partial charge in [0, 0.05) is 5.69 Å². The number of benzene rings is 1. The molecule has 5 nitrogen and oxygen atoms in total. The number of carbonyl (C=O) groups is 2. The maximum atomic E-state index is 11.8. The molecule has 1 aromatic carbocycles. The molecule has 104 valence electrons. The largest absolute Gasteiger partial charge is 0.463 e. The van der Waals surface area contributed by atoms with Crippen LogP contribution in [0.4, 0.5) is 5.69 Å². The van der Waals surface area contributed by atoms with Gasteiger partial charge in [-0.1, -0.05) is 19.4 Å². The van der Waals surface area contributed by atoms with Crippen molar-refractivity contribution >= 4 is 17.6 Å². The second-order valence-corrected chi connectivity index (χ2v) is 4.22. The van der Waals surface area contributed by atoms with Crippen LogP contribution in [0, 0.1) is 6.92 Å². The van der Waals surface area contributed by atoms with Gasteiger partial charge in [-0.3, -0.25) is 0 Å². The molecule has 0 aliphatic carbocycles. The molecular formula is C14H19NO4. The fraction of sp³-hybridized carbons (Fsp3) is 0.429. The average molecular weight is 265 g/mol. The second-order valence-electron chi connectivity index (χ2n) is 4.22. The van der Waals surface area contributed by atoms with Gasteiger partial charge in [0.2, 0.25) is 0 Å². The third-order valence-corrected chi connectivity index (χ3v) is 2.56. The van der Waals surface area contributed by atoms with Gasteiger partial charge in [-0.25, -0.2) is 9.59 Å². The number of hydrogen-bond donors (Lipinski definition) is 1. The van der Waals surface area contributed by atoms with Crippen molar-refractivity contribution in [3.8, 4) is 0 Å². The molecule has 0 saturated heterocycles. The zero-order valence-corrected chi connectivity index (χ0v) is 11.3. The Morgan fingerprint density at radius 3 is 2.68 bits per heavy atom. The molecule has 1 aromatic rings. The molecule has 5 heteroatoms. The zero-order chi connectivity index (χ0) is 14.3. The van der Waals surface area contributed by atoms with Crippen LogP contribution in [0.25, 0.3) is 0 Å². The number of nitrogens with two attached hydrogens (primary N) is 1. The standard InChI is InChI=1S/C14H19NO4/c1-3-4-7-18-13(16)9-19-14(17)12-8-11(15)6-5-10(12)2/h5-6,8H,3-4,7,9,15H2,1-2H3. The molecule has 0 aliphatic heterocycles. The highest BCUT2D eigenvalue weighted by atomic mass is 16.6. The Morgan fingerprint density at radius 2 is 2.00 bits per heavy atom. The lowest BCUT2D eigenvalue weighted by molar-refractivity contribution is -0.147. The van der Waals surface area contributed by atoms with Crippen molar-refractivity contribution < 1.29 is 19.1 Å². The van der Waals surface area contributed by atoms with Crippen molar-refractivity contribution in [3.05, 3.63) is 29.3 Å². The van der Waals surface area contributed by atoms with Gasteiger partial charge in [0.15, 0.2) is 6.61 Å². The highest BCUT2D eigenvalue weighted by Gasteiger charge is 2.13. The van der Waals surface area contributed by atoms with Crippen LogP contribution >= 0.6 is 0 Å². The van der Waals surface area contributed by atoms with Crippen molar-refractivity contribution in [2.45, 2.75) is 26.7 Å². The molecule has 0 atom stereocenters. The summed E-state index contributed by atoms with van der Waals surface area (Å²) in [5, 5.41) is 0. The third kappa shape index (κ3) is 4.99. The first-order chi connectivity index (χ1) is 9.04. The summed E-state index contributed by atoms with van der Waals surface area (Å²) in [6.07, 6.45) is 1.74. The van der Waals surface area contributed by atoms with Crippen LogP contribution in [0.1, 0.15) is 35.7 Å². The highest BCUT2D eigenvalue weighted by molar-refractivity contribution is 5.93. The third-order valence-electron chi connectivity index (χ3n) is 2.56. The lowest BCUT2D eigenvalue weighted by Gasteiger charge is -2.08. The van der Waals surface area contributed by atoms with Gasteiger partial charge in [0.25, 0.3) is 0 Å². The van der Waals surface area contributed by atoms with Crippen molar-refractivity contribution in [3.63, 3.8) is 0 Å². The van der Waals surface area contributed by atoms with Crippen LogP contribution in [-0.4, -0.2) is 25.2 Å². The molecule has 2 N–H and O–H groups in total. The van der Waals surface area contributed by atoms with E-state index in [1.807, 2.05) is 6.92 Å². The van der Waals surface area contributed by atoms with Crippen LogP contribution in [0.2, 0.25) is 0 Å². The Labute approximate surface area is 112 Å². The summed E-state index contributed by atoms with van der Waals surface area (Å²) in [7, 11) is 0. The maximum absolute atomic E-state index is 11.8. The molecule has 0 saturated carbocycles. The molecule has 0 amide bonds. The van der Waals surface area contributed by atoms with E-state index in [1.165, 1.54) is 6.07 Å². The molecule has 19 heavy (non-hydrogen) atoms. The van der Waals surface area contributed by atoms with E-state index in [-0.39, 0.29) is 6.61 Å². The van der Waals surface area contributed by atoms with Crippen LogP contribution in [-0.2, 0) is 14.3 Å². The molecule has 0 bridgehead atoms. The molecule has 1 rings (SSSR count). The van der Waals surface area contributed by atoms with Crippen molar-refractivity contribution in [2.24, 2.45) is 0 Å². The summed E-state index contributed by atoms with van der Waals surface area (Å²) in [6.45, 7) is 3.74. The predicted molar refractivity (Wildman–Crippen MR) is 71.7 cm³/mol. The molecule has 0 unspecified atom stereocenters. The molecule has 0 radical (unpaired) electrons. The lowest BCUT2D eigenvalue weighted by Crippen LogP contribution is -2.17. The van der Waals surface area contributed by atoms with E-state index in [0.717, 1.165) is 18.4 Å². The monoisotopic (exact) mass is 265 g/mol. The Balaban J connectivity index is 2.47. The number of unbranched alkanes of at least 4 members (excludes halogenated alkanes) is 1. The molecule has 0 aliphatic rings. The number of aryl methyl sites for hydroxylation is 1. The summed E-state index contributed by atoms with van der Waals surface area (Å²) in [5.41, 5.74) is 7.19. The molecule has 0 fully saturated rings. The van der Waals surface area contributed by atoms with Gasteiger partial charge in [0.05, 0.1) is 12.2 Å². The number of esters is 2. The molecular weight excluding hydrogens is 246 g/mol. The van der Waals surface area contributed by atoms with Gasteiger partial charge >= 0.3 is 11.9 Å². The van der Waals surface area contributed by atoms with E-state index in [0.29, 0.717) is 17.9 Å². The summed E-state index contributed by atoms with van der Waals surface area (Å²) in [4.78, 5) is 23.0. The first-order valence-electron chi connectivity index (χ1n) is 6.23. The van der Waals surface area contributed by atoms with Crippen molar-refractivity contribution in [1.82, 2.24) is 0 Å². The quantitative estimate of drug-likeness (QED) is 0.484. The van der Waals surface area contributed by atoms with Crippen LogP contribution in [0.5, 0.6) is 0 Å². The van der Waals surface area contributed by atoms with Gasteiger partial charge < -0.3 is 15.2 Å². The number of rotatable bonds is 6. The minimum atomic E-state index is -0.572. The first-order valence-corrected chi connectivity index (χ1v) is 6.23. The number of carbonyl (C=O) groups excluding carboxylic acids is 2. The summed E-state index contributed by atoms with van der Waals surface area (Å²) in [5.74, 6) is -1.11. The smallest absolute Gasteiger partial charge is 0.344 e. The van der Waals surface area contributed by atoms with E-state index in [9.17, 15) is 9.59 Å². The number of hydrogen-bond acceptors (Lipinski definition) is 5. The van der Waals surface area contributed by atoms with E-state index >= 15 is 0 Å². The average Bonchev–Trinajstić information content (AvgIpc) is 2.39. The molecule has 0 aromatic heterocycles. The minimum absolute atomic E-state index is 0.351. The first kappa shape index (κ1) is 15.0. The van der Waals surface area contributed by atoms with Gasteiger partial charge in [-0.2, -0.15) is 0 Å². The van der Waals surface area contributed by atoms with E-state index in [1.54, 1.807) is 19.1 Å². The van der Waals surface area contributed by atoms with Gasteiger partial charge in [-0.15, -0.1) is 0 Å². The number of ether oxygens (including phenoxy) is 2. The SMILES string of the molecule is CCCCOC(=O)COC(=O)c1cc(N)ccc1C. The fourth-order valence-corrected chi connectivity index (χ4v) is 1.43. The number of nitrogen functional groups attached to an aromatic ring is 1. The Hall–Kier alpha value is -2.04. The van der Waals surface area contributed by atoms with Gasteiger partial charge in [-0.05, 0) is 31.0 Å². The highest BCUT2D eigenvalue weighted by Crippen LogP contribution is 2.13. The normalized spacial score (nSPS) is 10.0. The second kappa shape index (κ2) is 7.41. The van der Waals surface area contributed by atoms with Gasteiger partial charge in [0.1, 0.15) is 0 Å². The van der Waals surface area contributed by atoms with E-state index < -0.39 is 11.9 Å². The fourth-order valence-electron chi connectivity index (χ4n) is 1.43. The van der Waals surface area contributed by atoms with E-state index in [4.69, 9.17) is 15.2 Å². The van der Waals surface area contributed by atoms with Crippen LogP contribution < -0.4 is 5.73 Å². The summed E-state index contributed by atoms with van der Waals surface area (Å²) >= 11 is 0. The molecule has 0 spiro atoms. The summed E-state index contributed by atoms with van der Waals surface area (Å²) < 4.78 is 9.77. The van der Waals surface area contributed by atoms with Crippen LogP contribution in [0.3, 0.4) is 0 Å². The maximum Gasteiger partial charge on any atom is 0.344 e. The Kier molecular flexibility index (Phi) is 5.85. The van der Waals surface area contributed by atoms with Crippen molar-refractivity contribution in [2.75, 3.05) is 18.9 Å². The van der Waals surface area contributed by atoms with Crippen molar-refractivity contribution in [1.29, 1.82) is 0 Å². The predicted octanol–water partition coefficient (Wildman–Crippen LogP) is 2.08. The molecule has 0 heterocycles. The van der Waals surface area contributed by atoms with E-state index in [2.05, 4.69) is 0 Å². The lowest BCUT2D eigenvalue weighted by atomic mass is 10.1. The Bertz CT molecular complexity index is 457. The number of anilines is 1. The summed E-state index contributed by atoms with van der Waals surface area (Å²) in [6, 6.07) is 4.96. The zero-order valence-electron chi connectivity index (χ0n) is 11.3. The minimum Gasteiger partial charge on any atom is -0.463 e. The topological polar surface area (TPSA) is 78.6 Å².